The van der Waals surface area contributed by atoms with Gasteiger partial charge in [-0.25, -0.2) is 0 Å². The van der Waals surface area contributed by atoms with Crippen molar-refractivity contribution in [3.63, 3.8) is 0 Å². The molecule has 318 valence electrons. The second-order valence-electron chi connectivity index (χ2n) is 16.9. The monoisotopic (exact) mass is 930 g/mol. The molecular weight excluding hydrogens is 877 g/mol. The van der Waals surface area contributed by atoms with E-state index in [-0.39, 0.29) is 5.41 Å². The molecule has 0 N–H and O–H groups in total. The van der Waals surface area contributed by atoms with Gasteiger partial charge in [0.05, 0.1) is 9.75 Å². The molecule has 8 aromatic rings. The number of terminal acetylenes is 2. The third-order valence-electron chi connectivity index (χ3n) is 12.7. The van der Waals surface area contributed by atoms with Crippen LogP contribution in [0.25, 0.3) is 71.0 Å². The van der Waals surface area contributed by atoms with Gasteiger partial charge in [0, 0.05) is 54.2 Å². The first-order valence-electron chi connectivity index (χ1n) is 22.8. The van der Waals surface area contributed by atoms with Gasteiger partial charge in [0.1, 0.15) is 0 Å². The van der Waals surface area contributed by atoms with Crippen LogP contribution in [0.15, 0.2) is 109 Å². The summed E-state index contributed by atoms with van der Waals surface area (Å²) in [5.74, 6) is 5.59. The fourth-order valence-electron chi connectivity index (χ4n) is 9.43. The zero-order valence-corrected chi connectivity index (χ0v) is 41.3. The first kappa shape index (κ1) is 44.0. The highest BCUT2D eigenvalue weighted by molar-refractivity contribution is 7.28. The largest absolute Gasteiger partial charge is 0.134 e. The summed E-state index contributed by atoms with van der Waals surface area (Å²) in [7, 11) is 0. The van der Waals surface area contributed by atoms with Crippen molar-refractivity contribution in [2.45, 2.75) is 109 Å². The van der Waals surface area contributed by atoms with Crippen LogP contribution in [0.1, 0.15) is 125 Å². The number of fused-ring (bicyclic) bond motifs is 3. The van der Waals surface area contributed by atoms with Gasteiger partial charge < -0.3 is 0 Å². The standard InChI is InChI=1S/C57H54S6/c1-5-9-11-13-15-17-35-57(36-18-16-14-12-10-6-2)45-37-39(47-27-29-53(60-47)55-33-31-51(62-55)49-25-21-41(7-3)58-49)19-23-43(45)44-24-20-40(38-46(44)57)48-28-30-54(61-48)56-34-32-52(63-56)50-26-22-42(8-4)59-50/h3-4,19-34,37-38H,5-6,9-18,35-36H2,1-2H3. The topological polar surface area (TPSA) is 0 Å². The molecule has 0 atom stereocenters. The van der Waals surface area contributed by atoms with E-state index in [0.717, 1.165) is 9.75 Å². The van der Waals surface area contributed by atoms with Gasteiger partial charge in [-0.3, -0.25) is 0 Å². The molecule has 6 aromatic heterocycles. The van der Waals surface area contributed by atoms with Crippen LogP contribution in [-0.4, -0.2) is 0 Å². The normalized spacial score (nSPS) is 12.6. The van der Waals surface area contributed by atoms with E-state index in [4.69, 9.17) is 12.8 Å². The Balaban J connectivity index is 1.06. The molecule has 6 heteroatoms. The minimum absolute atomic E-state index is 0.00637. The maximum Gasteiger partial charge on any atom is 0.0772 e. The number of unbranched alkanes of at least 4 members (excludes halogenated alkanes) is 10. The first-order valence-corrected chi connectivity index (χ1v) is 27.7. The summed E-state index contributed by atoms with van der Waals surface area (Å²) >= 11 is 11.0. The Morgan fingerprint density at radius 3 is 1.05 bits per heavy atom. The molecular formula is C57H54S6. The third kappa shape index (κ3) is 9.46. The van der Waals surface area contributed by atoms with E-state index < -0.39 is 0 Å². The molecule has 0 bridgehead atoms. The molecule has 1 aliphatic rings. The summed E-state index contributed by atoms with van der Waals surface area (Å²) in [5, 5.41) is 0. The Bertz CT molecular complexity index is 2680. The summed E-state index contributed by atoms with van der Waals surface area (Å²) in [6.07, 6.45) is 29.6. The molecule has 0 saturated carbocycles. The molecule has 1 aliphatic carbocycles. The molecule has 6 heterocycles. The summed E-state index contributed by atoms with van der Waals surface area (Å²) in [6.45, 7) is 4.64. The zero-order chi connectivity index (χ0) is 43.2. The van der Waals surface area contributed by atoms with E-state index in [0.29, 0.717) is 0 Å². The van der Waals surface area contributed by atoms with Crippen molar-refractivity contribution in [1.29, 1.82) is 0 Å². The van der Waals surface area contributed by atoms with Crippen LogP contribution in [0, 0.1) is 24.7 Å². The van der Waals surface area contributed by atoms with E-state index >= 15 is 0 Å². The van der Waals surface area contributed by atoms with Gasteiger partial charge in [-0.1, -0.05) is 127 Å². The quantitative estimate of drug-likeness (QED) is 0.0528. The molecule has 0 fully saturated rings. The van der Waals surface area contributed by atoms with Gasteiger partial charge in [-0.05, 0) is 131 Å². The Hall–Kier alpha value is -4.24. The van der Waals surface area contributed by atoms with Crippen molar-refractivity contribution in [2.24, 2.45) is 0 Å². The number of hydrogen-bond donors (Lipinski definition) is 0. The van der Waals surface area contributed by atoms with Gasteiger partial charge >= 0.3 is 0 Å². The van der Waals surface area contributed by atoms with Crippen molar-refractivity contribution >= 4 is 68.0 Å². The molecule has 0 unspecified atom stereocenters. The van der Waals surface area contributed by atoms with Crippen LogP contribution in [0.4, 0.5) is 0 Å². The average Bonchev–Trinajstić information content (AvgIpc) is 4.16. The highest BCUT2D eigenvalue weighted by Crippen LogP contribution is 2.57. The van der Waals surface area contributed by atoms with Crippen LogP contribution < -0.4 is 0 Å². The number of thiophene rings is 6. The lowest BCUT2D eigenvalue weighted by Crippen LogP contribution is -2.25. The molecule has 0 saturated heterocycles. The molecule has 63 heavy (non-hydrogen) atoms. The molecule has 9 rings (SSSR count). The van der Waals surface area contributed by atoms with Crippen molar-refractivity contribution in [3.05, 3.63) is 130 Å². The summed E-state index contributed by atoms with van der Waals surface area (Å²) < 4.78 is 0. The Labute approximate surface area is 399 Å². The fraction of sp³-hybridized carbons (Fsp3) is 0.298. The van der Waals surface area contributed by atoms with Crippen molar-refractivity contribution in [2.75, 3.05) is 0 Å². The van der Waals surface area contributed by atoms with E-state index in [9.17, 15) is 0 Å². The van der Waals surface area contributed by atoms with Gasteiger partial charge in [-0.2, -0.15) is 0 Å². The Morgan fingerprint density at radius 2 is 0.683 bits per heavy atom. The fourth-order valence-corrected chi connectivity index (χ4v) is 15.4. The predicted octanol–water partition coefficient (Wildman–Crippen LogP) is 19.8. The minimum atomic E-state index is -0.00637. The highest BCUT2D eigenvalue weighted by Gasteiger charge is 2.42. The van der Waals surface area contributed by atoms with Crippen LogP contribution in [0.3, 0.4) is 0 Å². The van der Waals surface area contributed by atoms with Gasteiger partial charge in [0.25, 0.3) is 0 Å². The lowest BCUT2D eigenvalue weighted by molar-refractivity contribution is 0.398. The first-order chi connectivity index (χ1) is 31.0. The molecule has 0 amide bonds. The van der Waals surface area contributed by atoms with Crippen LogP contribution in [0.2, 0.25) is 0 Å². The molecule has 0 spiro atoms. The Morgan fingerprint density at radius 1 is 0.365 bits per heavy atom. The second-order valence-corrected chi connectivity index (χ2v) is 23.4. The number of rotatable bonds is 20. The van der Waals surface area contributed by atoms with Crippen molar-refractivity contribution < 1.29 is 0 Å². The van der Waals surface area contributed by atoms with E-state index in [1.807, 2.05) is 45.3 Å². The second kappa shape index (κ2) is 20.3. The Kier molecular flexibility index (Phi) is 14.2. The lowest BCUT2D eigenvalue weighted by Gasteiger charge is -2.33. The summed E-state index contributed by atoms with van der Waals surface area (Å²) in [5.41, 5.74) is 8.69. The number of benzene rings is 2. The predicted molar refractivity (Wildman–Crippen MR) is 284 cm³/mol. The SMILES string of the molecule is C#Cc1ccc(-c2ccc(-c3ccc(-c4ccc5c(c4)C(CCCCCCCC)(CCCCCCCC)c4cc(-c6ccc(-c7ccc(-c8ccc(C#C)s8)s7)s6)ccc4-5)s3)s2)s1. The summed E-state index contributed by atoms with van der Waals surface area (Å²) in [6, 6.07) is 41.8. The smallest absolute Gasteiger partial charge is 0.0772 e. The van der Waals surface area contributed by atoms with E-state index in [1.165, 1.54) is 161 Å². The summed E-state index contributed by atoms with van der Waals surface area (Å²) in [4.78, 5) is 15.0. The van der Waals surface area contributed by atoms with Crippen LogP contribution in [0.5, 0.6) is 0 Å². The zero-order valence-electron chi connectivity index (χ0n) is 36.4. The van der Waals surface area contributed by atoms with Gasteiger partial charge in [0.2, 0.25) is 0 Å². The van der Waals surface area contributed by atoms with Crippen LogP contribution >= 0.6 is 68.0 Å². The van der Waals surface area contributed by atoms with Crippen LogP contribution in [-0.2, 0) is 5.41 Å². The van der Waals surface area contributed by atoms with Gasteiger partial charge in [0.15, 0.2) is 0 Å². The highest BCUT2D eigenvalue weighted by atomic mass is 32.1. The third-order valence-corrected chi connectivity index (χ3v) is 20.0. The number of hydrogen-bond acceptors (Lipinski definition) is 6. The molecule has 0 nitrogen and oxygen atoms in total. The maximum absolute atomic E-state index is 5.69. The van der Waals surface area contributed by atoms with E-state index in [2.05, 4.69) is 135 Å². The lowest BCUT2D eigenvalue weighted by atomic mass is 9.70. The van der Waals surface area contributed by atoms with Crippen molar-refractivity contribution in [3.8, 4) is 95.7 Å². The minimum Gasteiger partial charge on any atom is -0.134 e. The molecule has 2 aromatic carbocycles. The molecule has 0 radical (unpaired) electrons. The average molecular weight is 931 g/mol. The van der Waals surface area contributed by atoms with Gasteiger partial charge in [-0.15, -0.1) is 80.9 Å². The van der Waals surface area contributed by atoms with E-state index in [1.54, 1.807) is 33.8 Å². The maximum atomic E-state index is 5.69. The molecule has 0 aliphatic heterocycles. The van der Waals surface area contributed by atoms with Crippen molar-refractivity contribution in [1.82, 2.24) is 0 Å².